The minimum Gasteiger partial charge on any atom is -0.481 e. The highest BCUT2D eigenvalue weighted by molar-refractivity contribution is 6.03. The van der Waals surface area contributed by atoms with Crippen LogP contribution in [0.15, 0.2) is 65.8 Å². The zero-order valence-electron chi connectivity index (χ0n) is 19.6. The van der Waals surface area contributed by atoms with Crippen molar-refractivity contribution in [3.05, 3.63) is 88.7 Å². The largest absolute Gasteiger partial charge is 0.481 e. The third-order valence-electron chi connectivity index (χ3n) is 6.50. The Morgan fingerprint density at radius 3 is 2.46 bits per heavy atom. The molecule has 4 rings (SSSR count). The van der Waals surface area contributed by atoms with E-state index >= 15 is 0 Å². The lowest BCUT2D eigenvalue weighted by Crippen LogP contribution is -2.34. The van der Waals surface area contributed by atoms with Gasteiger partial charge in [0.2, 0.25) is 0 Å². The van der Waals surface area contributed by atoms with E-state index in [2.05, 4.69) is 11.2 Å². The van der Waals surface area contributed by atoms with Crippen LogP contribution >= 0.6 is 0 Å². The molecule has 0 radical (unpaired) electrons. The SMILES string of the molecule is Cc1cc(-c2cc(CO)ccc2F)ccc1Cc1ccc(N2N=C(C#N)C(C)C2CC(=O)O)cc1. The Morgan fingerprint density at radius 1 is 1.11 bits per heavy atom. The van der Waals surface area contributed by atoms with Gasteiger partial charge in [0.15, 0.2) is 0 Å². The van der Waals surface area contributed by atoms with Crippen LogP contribution in [0.2, 0.25) is 0 Å². The summed E-state index contributed by atoms with van der Waals surface area (Å²) in [6, 6.07) is 19.8. The van der Waals surface area contributed by atoms with Crippen molar-refractivity contribution >= 4 is 17.4 Å². The molecule has 0 saturated heterocycles. The Bertz CT molecular complexity index is 1330. The fourth-order valence-corrected chi connectivity index (χ4v) is 4.43. The minimum absolute atomic E-state index is 0.106. The van der Waals surface area contributed by atoms with E-state index < -0.39 is 12.0 Å². The second-order valence-corrected chi connectivity index (χ2v) is 8.85. The number of carboxylic acids is 1. The summed E-state index contributed by atoms with van der Waals surface area (Å²) in [4.78, 5) is 11.3. The number of halogens is 1. The lowest BCUT2D eigenvalue weighted by Gasteiger charge is -2.25. The smallest absolute Gasteiger partial charge is 0.305 e. The molecule has 2 atom stereocenters. The van der Waals surface area contributed by atoms with Crippen LogP contribution in [0.3, 0.4) is 0 Å². The molecular formula is C28H26FN3O3. The minimum atomic E-state index is -0.931. The van der Waals surface area contributed by atoms with E-state index in [0.29, 0.717) is 23.3 Å². The number of anilines is 1. The molecule has 0 aromatic heterocycles. The molecule has 1 aliphatic rings. The first-order chi connectivity index (χ1) is 16.8. The highest BCUT2D eigenvalue weighted by Gasteiger charge is 2.36. The van der Waals surface area contributed by atoms with Gasteiger partial charge < -0.3 is 10.2 Å². The fraction of sp³-hybridized carbons (Fsp3) is 0.250. The number of carbonyl (C=O) groups is 1. The lowest BCUT2D eigenvalue weighted by molar-refractivity contribution is -0.137. The number of aliphatic carboxylic acids is 1. The van der Waals surface area contributed by atoms with Gasteiger partial charge in [-0.05, 0) is 65.4 Å². The van der Waals surface area contributed by atoms with Crippen LogP contribution < -0.4 is 5.01 Å². The number of nitriles is 1. The van der Waals surface area contributed by atoms with Gasteiger partial charge in [0.25, 0.3) is 0 Å². The van der Waals surface area contributed by atoms with Crippen LogP contribution in [0.5, 0.6) is 0 Å². The Morgan fingerprint density at radius 2 is 1.83 bits per heavy atom. The van der Waals surface area contributed by atoms with E-state index in [1.165, 1.54) is 6.07 Å². The Hall–Kier alpha value is -4.02. The average molecular weight is 472 g/mol. The van der Waals surface area contributed by atoms with Gasteiger partial charge in [-0.2, -0.15) is 10.4 Å². The Labute approximate surface area is 203 Å². The van der Waals surface area contributed by atoms with Crippen molar-refractivity contribution in [3.8, 4) is 17.2 Å². The number of aryl methyl sites for hydroxylation is 1. The molecule has 1 aliphatic heterocycles. The second kappa shape index (κ2) is 10.1. The zero-order chi connectivity index (χ0) is 25.1. The molecule has 1 heterocycles. The third kappa shape index (κ3) is 5.08. The highest BCUT2D eigenvalue weighted by atomic mass is 19.1. The maximum absolute atomic E-state index is 14.4. The predicted molar refractivity (Wildman–Crippen MR) is 132 cm³/mol. The average Bonchev–Trinajstić information content (AvgIpc) is 3.16. The maximum Gasteiger partial charge on any atom is 0.305 e. The molecule has 0 amide bonds. The number of hydrogen-bond acceptors (Lipinski definition) is 5. The van der Waals surface area contributed by atoms with Gasteiger partial charge in [-0.15, -0.1) is 0 Å². The maximum atomic E-state index is 14.4. The molecule has 35 heavy (non-hydrogen) atoms. The molecule has 0 saturated carbocycles. The Kier molecular flexibility index (Phi) is 6.94. The number of benzene rings is 3. The molecule has 6 nitrogen and oxygen atoms in total. The van der Waals surface area contributed by atoms with Gasteiger partial charge in [0.1, 0.15) is 17.6 Å². The van der Waals surface area contributed by atoms with Crippen LogP contribution in [-0.2, 0) is 17.8 Å². The number of rotatable bonds is 7. The number of hydrazone groups is 1. The Balaban J connectivity index is 1.54. The first-order valence-electron chi connectivity index (χ1n) is 11.4. The molecule has 0 fully saturated rings. The topological polar surface area (TPSA) is 96.9 Å². The summed E-state index contributed by atoms with van der Waals surface area (Å²) >= 11 is 0. The molecule has 178 valence electrons. The first-order valence-corrected chi connectivity index (χ1v) is 11.4. The molecule has 0 bridgehead atoms. The van der Waals surface area contributed by atoms with Crippen molar-refractivity contribution in [2.45, 2.75) is 39.3 Å². The summed E-state index contributed by atoms with van der Waals surface area (Å²) in [6.45, 7) is 3.67. The van der Waals surface area contributed by atoms with Gasteiger partial charge in [0, 0.05) is 11.5 Å². The van der Waals surface area contributed by atoms with Crippen molar-refractivity contribution in [2.75, 3.05) is 5.01 Å². The van der Waals surface area contributed by atoms with E-state index in [4.69, 9.17) is 0 Å². The van der Waals surface area contributed by atoms with E-state index in [-0.39, 0.29) is 24.8 Å². The summed E-state index contributed by atoms with van der Waals surface area (Å²) < 4.78 is 14.4. The summed E-state index contributed by atoms with van der Waals surface area (Å²) in [5.74, 6) is -1.52. The normalized spacial score (nSPS) is 17.2. The van der Waals surface area contributed by atoms with Crippen LogP contribution in [0.4, 0.5) is 10.1 Å². The quantitative estimate of drug-likeness (QED) is 0.502. The monoisotopic (exact) mass is 471 g/mol. The molecule has 3 aromatic rings. The van der Waals surface area contributed by atoms with Crippen LogP contribution in [-0.4, -0.2) is 27.9 Å². The van der Waals surface area contributed by atoms with Crippen molar-refractivity contribution in [2.24, 2.45) is 11.0 Å². The number of aliphatic hydroxyl groups excluding tert-OH is 1. The molecular weight excluding hydrogens is 445 g/mol. The molecule has 7 heteroatoms. The molecule has 3 aromatic carbocycles. The van der Waals surface area contributed by atoms with Crippen molar-refractivity contribution in [3.63, 3.8) is 0 Å². The van der Waals surface area contributed by atoms with E-state index in [9.17, 15) is 24.7 Å². The summed E-state index contributed by atoms with van der Waals surface area (Å²) in [7, 11) is 0. The van der Waals surface area contributed by atoms with Crippen LogP contribution in [0, 0.1) is 30.0 Å². The summed E-state index contributed by atoms with van der Waals surface area (Å²) in [6.07, 6.45) is 0.568. The third-order valence-corrected chi connectivity index (χ3v) is 6.50. The van der Waals surface area contributed by atoms with Gasteiger partial charge in [-0.1, -0.05) is 43.3 Å². The summed E-state index contributed by atoms with van der Waals surface area (Å²) in [5, 5.41) is 34.0. The number of hydrogen-bond donors (Lipinski definition) is 2. The summed E-state index contributed by atoms with van der Waals surface area (Å²) in [5.41, 5.74) is 6.14. The van der Waals surface area contributed by atoms with Crippen LogP contribution in [0.1, 0.15) is 35.6 Å². The van der Waals surface area contributed by atoms with Crippen LogP contribution in [0.25, 0.3) is 11.1 Å². The highest BCUT2D eigenvalue weighted by Crippen LogP contribution is 2.31. The number of aliphatic hydroxyl groups is 1. The molecule has 2 N–H and O–H groups in total. The first kappa shape index (κ1) is 24.1. The second-order valence-electron chi connectivity index (χ2n) is 8.85. The number of carboxylic acid groups (broad SMARTS) is 1. The molecule has 0 aliphatic carbocycles. The van der Waals surface area contributed by atoms with E-state index in [1.807, 2.05) is 56.3 Å². The van der Waals surface area contributed by atoms with Crippen molar-refractivity contribution < 1.29 is 19.4 Å². The zero-order valence-corrected chi connectivity index (χ0v) is 19.6. The van der Waals surface area contributed by atoms with Gasteiger partial charge in [-0.3, -0.25) is 9.80 Å². The van der Waals surface area contributed by atoms with Gasteiger partial charge in [0.05, 0.1) is 24.8 Å². The molecule has 0 spiro atoms. The fourth-order valence-electron chi connectivity index (χ4n) is 4.43. The predicted octanol–water partition coefficient (Wildman–Crippen LogP) is 5.06. The lowest BCUT2D eigenvalue weighted by atomic mass is 9.94. The number of nitrogens with zero attached hydrogens (tertiary/aromatic N) is 3. The standard InChI is InChI=1S/C28H26FN3O3/c1-17-11-22(24-13-20(16-33)5-10-25(24)29)7-6-21(17)12-19-3-8-23(9-4-19)32-27(14-28(34)35)18(2)26(15-30)31-32/h3-11,13,18,27,33H,12,14,16H2,1-2H3,(H,34,35). The van der Waals surface area contributed by atoms with Gasteiger partial charge in [-0.25, -0.2) is 4.39 Å². The van der Waals surface area contributed by atoms with E-state index in [0.717, 1.165) is 27.9 Å². The van der Waals surface area contributed by atoms with Gasteiger partial charge >= 0.3 is 5.97 Å². The molecule has 2 unspecified atom stereocenters. The van der Waals surface area contributed by atoms with Crippen molar-refractivity contribution in [1.29, 1.82) is 5.26 Å². The van der Waals surface area contributed by atoms with E-state index in [1.54, 1.807) is 17.1 Å². The van der Waals surface area contributed by atoms with Crippen molar-refractivity contribution in [1.82, 2.24) is 0 Å².